The SMILES string of the molecule is O=C(Cn1cccc1-c1cc2cccnc2[nH]1)N1CCCC1. The molecule has 0 unspecified atom stereocenters. The van der Waals surface area contributed by atoms with E-state index in [4.69, 9.17) is 0 Å². The third-order valence-electron chi connectivity index (χ3n) is 4.26. The average Bonchev–Trinajstić information content (AvgIpc) is 3.26. The Balaban J connectivity index is 1.63. The van der Waals surface area contributed by atoms with Crippen molar-refractivity contribution in [1.29, 1.82) is 0 Å². The van der Waals surface area contributed by atoms with Crippen molar-refractivity contribution < 1.29 is 4.79 Å². The van der Waals surface area contributed by atoms with Crippen LogP contribution in [-0.4, -0.2) is 38.4 Å². The van der Waals surface area contributed by atoms with Crippen molar-refractivity contribution in [2.45, 2.75) is 19.4 Å². The molecule has 0 atom stereocenters. The van der Waals surface area contributed by atoms with Gasteiger partial charge in [0, 0.05) is 30.9 Å². The first-order chi connectivity index (χ1) is 10.8. The second kappa shape index (κ2) is 5.33. The maximum absolute atomic E-state index is 12.4. The molecular weight excluding hydrogens is 276 g/mol. The van der Waals surface area contributed by atoms with Crippen LogP contribution in [0, 0.1) is 0 Å². The lowest BCUT2D eigenvalue weighted by Crippen LogP contribution is -2.31. The van der Waals surface area contributed by atoms with Gasteiger partial charge >= 0.3 is 0 Å². The third-order valence-corrected chi connectivity index (χ3v) is 4.26. The zero-order chi connectivity index (χ0) is 14.9. The van der Waals surface area contributed by atoms with Crippen molar-refractivity contribution in [2.75, 3.05) is 13.1 Å². The number of hydrogen-bond acceptors (Lipinski definition) is 2. The number of aromatic nitrogens is 3. The molecule has 4 heterocycles. The van der Waals surface area contributed by atoms with Crippen LogP contribution in [-0.2, 0) is 11.3 Å². The van der Waals surface area contributed by atoms with Crippen LogP contribution in [0.3, 0.4) is 0 Å². The molecule has 1 aliphatic heterocycles. The molecule has 1 amide bonds. The molecule has 0 radical (unpaired) electrons. The molecule has 4 rings (SSSR count). The summed E-state index contributed by atoms with van der Waals surface area (Å²) < 4.78 is 2.01. The molecule has 5 nitrogen and oxygen atoms in total. The van der Waals surface area contributed by atoms with E-state index in [-0.39, 0.29) is 5.91 Å². The Labute approximate surface area is 128 Å². The fourth-order valence-electron chi connectivity index (χ4n) is 3.10. The minimum absolute atomic E-state index is 0.198. The van der Waals surface area contributed by atoms with Crippen LogP contribution in [0.1, 0.15) is 12.8 Å². The molecule has 0 aliphatic carbocycles. The fraction of sp³-hybridized carbons (Fsp3) is 0.294. The van der Waals surface area contributed by atoms with E-state index in [1.54, 1.807) is 6.20 Å². The fourth-order valence-corrected chi connectivity index (χ4v) is 3.10. The molecule has 0 aromatic carbocycles. The van der Waals surface area contributed by atoms with Gasteiger partial charge in [0.1, 0.15) is 12.2 Å². The lowest BCUT2D eigenvalue weighted by molar-refractivity contribution is -0.130. The van der Waals surface area contributed by atoms with Crippen molar-refractivity contribution in [3.63, 3.8) is 0 Å². The summed E-state index contributed by atoms with van der Waals surface area (Å²) in [6.07, 6.45) is 5.98. The van der Waals surface area contributed by atoms with Gasteiger partial charge in [0.15, 0.2) is 0 Å². The number of rotatable bonds is 3. The number of H-pyrrole nitrogens is 1. The van der Waals surface area contributed by atoms with Crippen LogP contribution in [0.5, 0.6) is 0 Å². The van der Waals surface area contributed by atoms with Crippen molar-refractivity contribution in [3.05, 3.63) is 42.7 Å². The van der Waals surface area contributed by atoms with E-state index in [1.807, 2.05) is 39.9 Å². The van der Waals surface area contributed by atoms with Crippen molar-refractivity contribution >= 4 is 16.9 Å². The molecular formula is C17H18N4O. The second-order valence-corrected chi connectivity index (χ2v) is 5.73. The highest BCUT2D eigenvalue weighted by Crippen LogP contribution is 2.23. The number of likely N-dealkylation sites (tertiary alicyclic amines) is 1. The smallest absolute Gasteiger partial charge is 0.242 e. The highest BCUT2D eigenvalue weighted by Gasteiger charge is 2.19. The summed E-state index contributed by atoms with van der Waals surface area (Å²) in [4.78, 5) is 22.0. The zero-order valence-electron chi connectivity index (χ0n) is 12.3. The van der Waals surface area contributed by atoms with Gasteiger partial charge in [0.2, 0.25) is 5.91 Å². The summed E-state index contributed by atoms with van der Waals surface area (Å²) in [6, 6.07) is 10.0. The number of nitrogens with one attached hydrogen (secondary N) is 1. The van der Waals surface area contributed by atoms with Crippen molar-refractivity contribution in [1.82, 2.24) is 19.4 Å². The second-order valence-electron chi connectivity index (χ2n) is 5.73. The summed E-state index contributed by atoms with van der Waals surface area (Å²) in [6.45, 7) is 2.18. The molecule has 22 heavy (non-hydrogen) atoms. The standard InChI is InChI=1S/C17H18N4O/c22-16(20-8-1-2-9-20)12-21-10-4-6-15(21)14-11-13-5-3-7-18-17(13)19-14/h3-7,10-11H,1-2,8-9,12H2,(H,18,19). The quantitative estimate of drug-likeness (QED) is 0.807. The van der Waals surface area contributed by atoms with Crippen molar-refractivity contribution in [2.24, 2.45) is 0 Å². The van der Waals surface area contributed by atoms with Gasteiger partial charge in [-0.05, 0) is 43.2 Å². The minimum atomic E-state index is 0.198. The highest BCUT2D eigenvalue weighted by molar-refractivity contribution is 5.83. The zero-order valence-corrected chi connectivity index (χ0v) is 12.3. The predicted molar refractivity (Wildman–Crippen MR) is 85.3 cm³/mol. The first kappa shape index (κ1) is 13.1. The van der Waals surface area contributed by atoms with Gasteiger partial charge in [0.05, 0.1) is 11.4 Å². The molecule has 0 saturated carbocycles. The van der Waals surface area contributed by atoms with E-state index in [9.17, 15) is 4.79 Å². The summed E-state index contributed by atoms with van der Waals surface area (Å²) in [5, 5.41) is 1.08. The molecule has 1 aliphatic rings. The lowest BCUT2D eigenvalue weighted by atomic mass is 10.2. The maximum atomic E-state index is 12.4. The number of pyridine rings is 1. The Kier molecular flexibility index (Phi) is 3.18. The van der Waals surface area contributed by atoms with E-state index in [0.717, 1.165) is 48.4 Å². The topological polar surface area (TPSA) is 53.9 Å². The molecule has 1 fully saturated rings. The molecule has 3 aromatic rings. The van der Waals surface area contributed by atoms with E-state index in [2.05, 4.69) is 16.0 Å². The van der Waals surface area contributed by atoms with E-state index < -0.39 is 0 Å². The van der Waals surface area contributed by atoms with Gasteiger partial charge in [-0.25, -0.2) is 4.98 Å². The van der Waals surface area contributed by atoms with Crippen LogP contribution in [0.25, 0.3) is 22.4 Å². The number of fused-ring (bicyclic) bond motifs is 1. The molecule has 0 bridgehead atoms. The van der Waals surface area contributed by atoms with Crippen molar-refractivity contribution in [3.8, 4) is 11.4 Å². The number of carbonyl (C=O) groups excluding carboxylic acids is 1. The number of carbonyl (C=O) groups is 1. The number of hydrogen-bond donors (Lipinski definition) is 1. The van der Waals surface area contributed by atoms with E-state index in [0.29, 0.717) is 6.54 Å². The van der Waals surface area contributed by atoms with E-state index in [1.165, 1.54) is 0 Å². The molecule has 0 spiro atoms. The van der Waals surface area contributed by atoms with Gasteiger partial charge in [0.25, 0.3) is 0 Å². The highest BCUT2D eigenvalue weighted by atomic mass is 16.2. The van der Waals surface area contributed by atoms with Gasteiger partial charge in [-0.2, -0.15) is 0 Å². The summed E-state index contributed by atoms with van der Waals surface area (Å²) in [5.41, 5.74) is 2.88. The van der Waals surface area contributed by atoms with Crippen LogP contribution in [0.15, 0.2) is 42.7 Å². The predicted octanol–water partition coefficient (Wildman–Crippen LogP) is 2.65. The lowest BCUT2D eigenvalue weighted by Gasteiger charge is -2.16. The number of nitrogens with zero attached hydrogens (tertiary/aromatic N) is 3. The molecule has 3 aromatic heterocycles. The Morgan fingerprint density at radius 1 is 1.23 bits per heavy atom. The summed E-state index contributed by atoms with van der Waals surface area (Å²) >= 11 is 0. The molecule has 1 saturated heterocycles. The third kappa shape index (κ3) is 2.28. The van der Waals surface area contributed by atoms with Crippen LogP contribution >= 0.6 is 0 Å². The molecule has 5 heteroatoms. The minimum Gasteiger partial charge on any atom is -0.341 e. The average molecular weight is 294 g/mol. The van der Waals surface area contributed by atoms with Gasteiger partial charge in [-0.3, -0.25) is 4.79 Å². The first-order valence-electron chi connectivity index (χ1n) is 7.68. The van der Waals surface area contributed by atoms with E-state index >= 15 is 0 Å². The normalized spacial score (nSPS) is 14.8. The Bertz CT molecular complexity index is 778. The molecule has 1 N–H and O–H groups in total. The first-order valence-corrected chi connectivity index (χ1v) is 7.68. The number of aromatic amines is 1. The largest absolute Gasteiger partial charge is 0.341 e. The van der Waals surface area contributed by atoms with Gasteiger partial charge in [-0.15, -0.1) is 0 Å². The Morgan fingerprint density at radius 2 is 2.09 bits per heavy atom. The monoisotopic (exact) mass is 294 g/mol. The van der Waals surface area contributed by atoms with Gasteiger partial charge < -0.3 is 14.5 Å². The Hall–Kier alpha value is -2.56. The number of amides is 1. The van der Waals surface area contributed by atoms with Crippen LogP contribution in [0.2, 0.25) is 0 Å². The van der Waals surface area contributed by atoms with Crippen LogP contribution in [0.4, 0.5) is 0 Å². The van der Waals surface area contributed by atoms with Crippen LogP contribution < -0.4 is 0 Å². The van der Waals surface area contributed by atoms with Gasteiger partial charge in [-0.1, -0.05) is 0 Å². The Morgan fingerprint density at radius 3 is 2.91 bits per heavy atom. The molecule has 112 valence electrons. The maximum Gasteiger partial charge on any atom is 0.242 e. The summed E-state index contributed by atoms with van der Waals surface area (Å²) in [7, 11) is 0. The summed E-state index contributed by atoms with van der Waals surface area (Å²) in [5.74, 6) is 0.198.